The van der Waals surface area contributed by atoms with Crippen molar-refractivity contribution in [2.24, 2.45) is 7.05 Å². The van der Waals surface area contributed by atoms with Gasteiger partial charge < -0.3 is 29.8 Å². The predicted molar refractivity (Wildman–Crippen MR) is 181 cm³/mol. The van der Waals surface area contributed by atoms with Crippen LogP contribution in [0.3, 0.4) is 0 Å². The molecule has 0 aliphatic heterocycles. The Balaban J connectivity index is 0.983. The van der Waals surface area contributed by atoms with Crippen LogP contribution in [0, 0.1) is 0 Å². The maximum absolute atomic E-state index is 12.3. The minimum atomic E-state index is -0.333. The van der Waals surface area contributed by atoms with Crippen molar-refractivity contribution < 1.29 is 19.4 Å². The Morgan fingerprint density at radius 2 is 1.57 bits per heavy atom. The Morgan fingerprint density at radius 3 is 2.24 bits per heavy atom. The maximum Gasteiger partial charge on any atom is 0.323 e. The van der Waals surface area contributed by atoms with Crippen LogP contribution in [0.5, 0.6) is 17.4 Å². The topological polar surface area (TPSA) is 130 Å². The molecule has 6 rings (SSSR count). The van der Waals surface area contributed by atoms with Crippen LogP contribution < -0.4 is 25.0 Å². The molecule has 10 nitrogen and oxygen atoms in total. The molecular weight excluding hydrogens is 626 g/mol. The highest BCUT2D eigenvalue weighted by Crippen LogP contribution is 2.25. The standard InChI is InChI=1S/C34H30ClN5O5S/c1-40-29-19-27(44-17-16-21-2-8-24(9-3-21)36-33(42)37-25-10-6-23(35)7-11-25)14-15-28(29)38-31(40)20-45-26-12-4-22(5-13-26)18-30-32(41)39-34(43)46-30/h2-15,19,41H,16-18,20H2,1H3,(H,39,43)(H2,36,37,42). The summed E-state index contributed by atoms with van der Waals surface area (Å²) in [4.78, 5) is 31.1. The van der Waals surface area contributed by atoms with Gasteiger partial charge in [0.25, 0.3) is 0 Å². The zero-order valence-corrected chi connectivity index (χ0v) is 26.3. The van der Waals surface area contributed by atoms with E-state index in [1.165, 1.54) is 0 Å². The lowest BCUT2D eigenvalue weighted by Crippen LogP contribution is -2.19. The van der Waals surface area contributed by atoms with E-state index in [-0.39, 0.29) is 23.4 Å². The highest BCUT2D eigenvalue weighted by Gasteiger charge is 2.11. The van der Waals surface area contributed by atoms with Gasteiger partial charge in [0.15, 0.2) is 0 Å². The van der Waals surface area contributed by atoms with E-state index in [2.05, 4.69) is 15.6 Å². The van der Waals surface area contributed by atoms with Crippen molar-refractivity contribution in [2.75, 3.05) is 17.2 Å². The highest BCUT2D eigenvalue weighted by molar-refractivity contribution is 7.09. The number of anilines is 2. The first-order valence-corrected chi connectivity index (χ1v) is 15.6. The summed E-state index contributed by atoms with van der Waals surface area (Å²) >= 11 is 6.89. The van der Waals surface area contributed by atoms with Crippen LogP contribution in [0.2, 0.25) is 5.02 Å². The van der Waals surface area contributed by atoms with Crippen molar-refractivity contribution in [2.45, 2.75) is 19.4 Å². The number of amides is 2. The molecule has 234 valence electrons. The molecule has 0 fully saturated rings. The number of aryl methyl sites for hydroxylation is 1. The van der Waals surface area contributed by atoms with Gasteiger partial charge in [0.2, 0.25) is 5.88 Å². The average molecular weight is 656 g/mol. The molecule has 0 atom stereocenters. The first-order valence-electron chi connectivity index (χ1n) is 14.4. The minimum Gasteiger partial charge on any atom is -0.494 e. The molecule has 6 aromatic rings. The summed E-state index contributed by atoms with van der Waals surface area (Å²) in [5.41, 5.74) is 5.15. The zero-order chi connectivity index (χ0) is 32.0. The van der Waals surface area contributed by atoms with E-state index in [0.29, 0.717) is 46.5 Å². The normalized spacial score (nSPS) is 11.0. The summed E-state index contributed by atoms with van der Waals surface area (Å²) in [6.45, 7) is 0.774. The lowest BCUT2D eigenvalue weighted by Gasteiger charge is -2.10. The third-order valence-electron chi connectivity index (χ3n) is 7.27. The van der Waals surface area contributed by atoms with Crippen LogP contribution in [0.15, 0.2) is 95.8 Å². The number of urea groups is 1. The minimum absolute atomic E-state index is 0.0795. The van der Waals surface area contributed by atoms with Crippen LogP contribution >= 0.6 is 22.9 Å². The number of aromatic hydroxyl groups is 1. The number of carbonyl (C=O) groups is 1. The van der Waals surface area contributed by atoms with E-state index in [1.54, 1.807) is 24.3 Å². The summed E-state index contributed by atoms with van der Waals surface area (Å²) < 4.78 is 14.0. The number of nitrogens with one attached hydrogen (secondary N) is 3. The van der Waals surface area contributed by atoms with Crippen LogP contribution in [0.25, 0.3) is 11.0 Å². The average Bonchev–Trinajstić information content (AvgIpc) is 3.54. The number of hydrogen-bond acceptors (Lipinski definition) is 7. The second-order valence-electron chi connectivity index (χ2n) is 10.5. The Kier molecular flexibility index (Phi) is 9.23. The summed E-state index contributed by atoms with van der Waals surface area (Å²) in [7, 11) is 1.95. The van der Waals surface area contributed by atoms with Gasteiger partial charge in [-0.1, -0.05) is 47.2 Å². The number of halogens is 1. The Bertz CT molecular complexity index is 2020. The van der Waals surface area contributed by atoms with Gasteiger partial charge in [-0.25, -0.2) is 9.78 Å². The molecule has 0 saturated heterocycles. The number of aromatic nitrogens is 3. The van der Waals surface area contributed by atoms with E-state index < -0.39 is 0 Å². The maximum atomic E-state index is 12.3. The molecule has 0 aliphatic rings. The lowest BCUT2D eigenvalue weighted by atomic mass is 10.1. The summed E-state index contributed by atoms with van der Waals surface area (Å²) in [6.07, 6.45) is 1.16. The molecule has 0 spiro atoms. The van der Waals surface area contributed by atoms with E-state index in [1.807, 2.05) is 78.3 Å². The van der Waals surface area contributed by atoms with Crippen molar-refractivity contribution in [3.8, 4) is 17.4 Å². The van der Waals surface area contributed by atoms with Gasteiger partial charge in [-0.15, -0.1) is 0 Å². The number of ether oxygens (including phenoxy) is 2. The van der Waals surface area contributed by atoms with E-state index in [4.69, 9.17) is 26.1 Å². The van der Waals surface area contributed by atoms with Gasteiger partial charge in [-0.05, 0) is 71.8 Å². The Morgan fingerprint density at radius 1 is 0.913 bits per heavy atom. The number of carbonyl (C=O) groups excluding carboxylic acids is 1. The number of benzene rings is 4. The molecule has 0 unspecified atom stereocenters. The van der Waals surface area contributed by atoms with Crippen LogP contribution in [0.1, 0.15) is 21.8 Å². The fourth-order valence-corrected chi connectivity index (χ4v) is 5.70. The number of hydrogen-bond donors (Lipinski definition) is 4. The fraction of sp³-hybridized carbons (Fsp3) is 0.147. The molecular formula is C34H30ClN5O5S. The lowest BCUT2D eigenvalue weighted by molar-refractivity contribution is 0.262. The molecule has 12 heteroatoms. The number of H-pyrrole nitrogens is 1. The first-order chi connectivity index (χ1) is 22.3. The van der Waals surface area contributed by atoms with Crippen molar-refractivity contribution in [1.29, 1.82) is 0 Å². The second kappa shape index (κ2) is 13.8. The molecule has 4 aromatic carbocycles. The first kappa shape index (κ1) is 30.8. The third-order valence-corrected chi connectivity index (χ3v) is 8.40. The van der Waals surface area contributed by atoms with Crippen molar-refractivity contribution in [3.63, 3.8) is 0 Å². The van der Waals surface area contributed by atoms with Gasteiger partial charge in [-0.2, -0.15) is 0 Å². The monoisotopic (exact) mass is 655 g/mol. The molecule has 0 radical (unpaired) electrons. The number of aromatic amines is 1. The predicted octanol–water partition coefficient (Wildman–Crippen LogP) is 7.12. The van der Waals surface area contributed by atoms with E-state index in [9.17, 15) is 14.7 Å². The molecule has 0 saturated carbocycles. The number of fused-ring (bicyclic) bond motifs is 1. The smallest absolute Gasteiger partial charge is 0.323 e. The number of rotatable bonds is 11. The van der Waals surface area contributed by atoms with Gasteiger partial charge in [-0.3, -0.25) is 9.78 Å². The zero-order valence-electron chi connectivity index (χ0n) is 24.7. The second-order valence-corrected chi connectivity index (χ2v) is 12.0. The van der Waals surface area contributed by atoms with E-state index >= 15 is 0 Å². The molecule has 0 bridgehead atoms. The summed E-state index contributed by atoms with van der Waals surface area (Å²) in [6, 6.07) is 27.6. The molecule has 46 heavy (non-hydrogen) atoms. The Labute approximate surface area is 273 Å². The van der Waals surface area contributed by atoms with Crippen molar-refractivity contribution >= 4 is 51.4 Å². The molecule has 4 N–H and O–H groups in total. The third kappa shape index (κ3) is 7.68. The van der Waals surface area contributed by atoms with E-state index in [0.717, 1.165) is 45.1 Å². The number of nitrogens with zero attached hydrogens (tertiary/aromatic N) is 2. The quantitative estimate of drug-likeness (QED) is 0.118. The van der Waals surface area contributed by atoms with Gasteiger partial charge in [0, 0.05) is 42.4 Å². The summed E-state index contributed by atoms with van der Waals surface area (Å²) in [5, 5.41) is 16.0. The van der Waals surface area contributed by atoms with Gasteiger partial charge in [0.05, 0.1) is 22.5 Å². The van der Waals surface area contributed by atoms with Crippen LogP contribution in [0.4, 0.5) is 16.2 Å². The van der Waals surface area contributed by atoms with Crippen molar-refractivity contribution in [3.05, 3.63) is 128 Å². The Hall–Kier alpha value is -5.26. The number of imidazole rings is 1. The van der Waals surface area contributed by atoms with Gasteiger partial charge in [0.1, 0.15) is 23.9 Å². The van der Waals surface area contributed by atoms with Crippen LogP contribution in [-0.2, 0) is 26.5 Å². The molecule has 0 aliphatic carbocycles. The van der Waals surface area contributed by atoms with Crippen LogP contribution in [-0.4, -0.2) is 32.3 Å². The molecule has 2 aromatic heterocycles. The van der Waals surface area contributed by atoms with Gasteiger partial charge >= 0.3 is 10.9 Å². The molecule has 2 amide bonds. The number of thiazole rings is 1. The molecule has 2 heterocycles. The highest BCUT2D eigenvalue weighted by atomic mass is 35.5. The van der Waals surface area contributed by atoms with Crippen molar-refractivity contribution in [1.82, 2.24) is 14.5 Å². The fourth-order valence-electron chi connectivity index (χ4n) is 4.82. The largest absolute Gasteiger partial charge is 0.494 e. The summed E-state index contributed by atoms with van der Waals surface area (Å²) in [5.74, 6) is 2.13. The SMILES string of the molecule is Cn1c(COc2ccc(Cc3sc(=O)[nH]c3O)cc2)nc2ccc(OCCc3ccc(NC(=O)Nc4ccc(Cl)cc4)cc3)cc21.